The van der Waals surface area contributed by atoms with Gasteiger partial charge in [0.25, 0.3) is 0 Å². The van der Waals surface area contributed by atoms with E-state index in [9.17, 15) is 0 Å². The molecule has 0 saturated heterocycles. The number of hydrogen-bond acceptors (Lipinski definition) is 2. The number of ether oxygens (including phenoxy) is 2. The summed E-state index contributed by atoms with van der Waals surface area (Å²) in [6, 6.07) is 19.6. The van der Waals surface area contributed by atoms with Crippen LogP contribution in [0.3, 0.4) is 0 Å². The fraction of sp³-hybridized carbons (Fsp3) is 0.300. The largest absolute Gasteiger partial charge is 0.382 e. The molecule has 0 saturated carbocycles. The Hall–Kier alpha value is -1.90. The molecule has 0 aliphatic rings. The van der Waals surface area contributed by atoms with Gasteiger partial charge in [-0.2, -0.15) is 0 Å². The minimum Gasteiger partial charge on any atom is -0.382 e. The van der Waals surface area contributed by atoms with Gasteiger partial charge < -0.3 is 9.47 Å². The molecule has 0 unspecified atom stereocenters. The zero-order valence-electron chi connectivity index (χ0n) is 13.0. The molecule has 0 N–H and O–H groups in total. The van der Waals surface area contributed by atoms with E-state index in [1.807, 2.05) is 0 Å². The summed E-state index contributed by atoms with van der Waals surface area (Å²) in [5.41, 5.74) is 1.43. The van der Waals surface area contributed by atoms with Crippen molar-refractivity contribution in [1.82, 2.24) is 0 Å². The fourth-order valence-corrected chi connectivity index (χ4v) is 2.97. The first-order valence-corrected chi connectivity index (χ1v) is 7.86. The van der Waals surface area contributed by atoms with Crippen molar-refractivity contribution in [2.75, 3.05) is 26.9 Å². The van der Waals surface area contributed by atoms with E-state index in [0.29, 0.717) is 13.2 Å². The van der Waals surface area contributed by atoms with E-state index < -0.39 is 0 Å². The van der Waals surface area contributed by atoms with Crippen LogP contribution < -0.4 is 0 Å². The lowest BCUT2D eigenvalue weighted by Crippen LogP contribution is -2.04. The van der Waals surface area contributed by atoms with E-state index >= 15 is 0 Å². The average molecular weight is 294 g/mol. The van der Waals surface area contributed by atoms with E-state index in [0.717, 1.165) is 19.4 Å². The second-order valence-corrected chi connectivity index (χ2v) is 5.51. The highest BCUT2D eigenvalue weighted by Gasteiger charge is 2.07. The van der Waals surface area contributed by atoms with E-state index in [1.54, 1.807) is 7.11 Å². The monoisotopic (exact) mass is 294 g/mol. The quantitative estimate of drug-likeness (QED) is 0.469. The first kappa shape index (κ1) is 15.0. The van der Waals surface area contributed by atoms with E-state index in [-0.39, 0.29) is 0 Å². The number of fused-ring (bicyclic) bond motifs is 2. The molecule has 0 aliphatic heterocycles. The highest BCUT2D eigenvalue weighted by molar-refractivity contribution is 6.02. The van der Waals surface area contributed by atoms with E-state index in [1.165, 1.54) is 27.1 Å². The zero-order chi connectivity index (χ0) is 15.2. The van der Waals surface area contributed by atoms with Gasteiger partial charge in [-0.3, -0.25) is 0 Å². The molecule has 2 nitrogen and oxygen atoms in total. The Morgan fingerprint density at radius 1 is 0.773 bits per heavy atom. The van der Waals surface area contributed by atoms with Gasteiger partial charge in [0.05, 0.1) is 13.2 Å². The average Bonchev–Trinajstić information content (AvgIpc) is 2.57. The summed E-state index contributed by atoms with van der Waals surface area (Å²) in [5, 5.41) is 5.35. The van der Waals surface area contributed by atoms with Gasteiger partial charge >= 0.3 is 0 Å². The van der Waals surface area contributed by atoms with Crippen molar-refractivity contribution in [2.24, 2.45) is 0 Å². The van der Waals surface area contributed by atoms with Crippen molar-refractivity contribution in [3.63, 3.8) is 0 Å². The first-order chi connectivity index (χ1) is 10.9. The molecule has 0 aromatic heterocycles. The third-order valence-corrected chi connectivity index (χ3v) is 4.03. The number of hydrogen-bond donors (Lipinski definition) is 0. The van der Waals surface area contributed by atoms with Crippen molar-refractivity contribution in [1.29, 1.82) is 0 Å². The van der Waals surface area contributed by atoms with Crippen LogP contribution in [0.15, 0.2) is 54.6 Å². The molecule has 0 atom stereocenters. The third kappa shape index (κ3) is 3.29. The summed E-state index contributed by atoms with van der Waals surface area (Å²) in [6.07, 6.45) is 2.07. The molecule has 0 bridgehead atoms. The maximum Gasteiger partial charge on any atom is 0.0700 e. The summed E-state index contributed by atoms with van der Waals surface area (Å²) in [4.78, 5) is 0. The van der Waals surface area contributed by atoms with E-state index in [4.69, 9.17) is 9.47 Å². The van der Waals surface area contributed by atoms with Crippen molar-refractivity contribution in [2.45, 2.75) is 12.8 Å². The van der Waals surface area contributed by atoms with Crippen LogP contribution in [0.1, 0.15) is 12.0 Å². The molecule has 0 aliphatic carbocycles. The summed E-state index contributed by atoms with van der Waals surface area (Å²) in [7, 11) is 1.70. The van der Waals surface area contributed by atoms with Gasteiger partial charge in [0, 0.05) is 13.7 Å². The van der Waals surface area contributed by atoms with Gasteiger partial charge in [-0.15, -0.1) is 0 Å². The van der Waals surface area contributed by atoms with Gasteiger partial charge in [0.1, 0.15) is 0 Å². The van der Waals surface area contributed by atoms with Crippen molar-refractivity contribution >= 4 is 21.5 Å². The number of rotatable bonds is 7. The Morgan fingerprint density at radius 3 is 2.05 bits per heavy atom. The molecule has 2 heteroatoms. The lowest BCUT2D eigenvalue weighted by atomic mass is 9.94. The molecule has 114 valence electrons. The van der Waals surface area contributed by atoms with Crippen molar-refractivity contribution < 1.29 is 9.47 Å². The SMILES string of the molecule is COCCOCCCc1c2ccccc2cc2ccccc12. The Labute approximate surface area is 131 Å². The molecule has 3 rings (SSSR count). The Bertz CT molecular complexity index is 695. The van der Waals surface area contributed by atoms with Crippen LogP contribution in [0.25, 0.3) is 21.5 Å². The van der Waals surface area contributed by atoms with E-state index in [2.05, 4.69) is 54.6 Å². The van der Waals surface area contributed by atoms with Crippen LogP contribution in [0.2, 0.25) is 0 Å². The molecule has 0 heterocycles. The predicted molar refractivity (Wildman–Crippen MR) is 92.5 cm³/mol. The fourth-order valence-electron chi connectivity index (χ4n) is 2.97. The molecule has 3 aromatic carbocycles. The standard InChI is InChI=1S/C20H22O2/c1-21-13-14-22-12-6-11-20-18-9-4-2-7-16(18)15-17-8-3-5-10-19(17)20/h2-5,7-10,15H,6,11-14H2,1H3. The third-order valence-electron chi connectivity index (χ3n) is 4.03. The summed E-state index contributed by atoms with van der Waals surface area (Å²) >= 11 is 0. The second kappa shape index (κ2) is 7.39. The molecule has 3 aromatic rings. The molecule has 0 amide bonds. The highest BCUT2D eigenvalue weighted by Crippen LogP contribution is 2.29. The van der Waals surface area contributed by atoms with Gasteiger partial charge in [-0.1, -0.05) is 48.5 Å². The van der Waals surface area contributed by atoms with Gasteiger partial charge in [0.15, 0.2) is 0 Å². The maximum absolute atomic E-state index is 5.59. The molecular formula is C20H22O2. The van der Waals surface area contributed by atoms with Crippen LogP contribution in [0.4, 0.5) is 0 Å². The molecular weight excluding hydrogens is 272 g/mol. The molecule has 0 spiro atoms. The first-order valence-electron chi connectivity index (χ1n) is 7.86. The predicted octanol–water partition coefficient (Wildman–Crippen LogP) is 4.59. The van der Waals surface area contributed by atoms with Crippen LogP contribution >= 0.6 is 0 Å². The van der Waals surface area contributed by atoms with Crippen LogP contribution in [0.5, 0.6) is 0 Å². The molecule has 22 heavy (non-hydrogen) atoms. The van der Waals surface area contributed by atoms with Gasteiger partial charge in [-0.05, 0) is 46.0 Å². The zero-order valence-corrected chi connectivity index (χ0v) is 13.0. The maximum atomic E-state index is 5.59. The molecule has 0 radical (unpaired) electrons. The normalized spacial score (nSPS) is 11.3. The minimum absolute atomic E-state index is 0.664. The highest BCUT2D eigenvalue weighted by atomic mass is 16.5. The Morgan fingerprint density at radius 2 is 1.41 bits per heavy atom. The second-order valence-electron chi connectivity index (χ2n) is 5.51. The van der Waals surface area contributed by atoms with Crippen LogP contribution in [0, 0.1) is 0 Å². The van der Waals surface area contributed by atoms with Crippen molar-refractivity contribution in [3.8, 4) is 0 Å². The summed E-state index contributed by atoms with van der Waals surface area (Å²) in [6.45, 7) is 2.12. The van der Waals surface area contributed by atoms with Gasteiger partial charge in [-0.25, -0.2) is 0 Å². The minimum atomic E-state index is 0.664. The van der Waals surface area contributed by atoms with Crippen LogP contribution in [-0.2, 0) is 15.9 Å². The van der Waals surface area contributed by atoms with Gasteiger partial charge in [0.2, 0.25) is 0 Å². The number of benzene rings is 3. The number of aryl methyl sites for hydroxylation is 1. The lowest BCUT2D eigenvalue weighted by Gasteiger charge is -2.12. The Kier molecular flexibility index (Phi) is 5.04. The Balaban J connectivity index is 1.85. The summed E-state index contributed by atoms with van der Waals surface area (Å²) < 4.78 is 10.6. The lowest BCUT2D eigenvalue weighted by molar-refractivity contribution is 0.0696. The number of methoxy groups -OCH3 is 1. The summed E-state index contributed by atoms with van der Waals surface area (Å²) in [5.74, 6) is 0. The van der Waals surface area contributed by atoms with Crippen molar-refractivity contribution in [3.05, 3.63) is 60.2 Å². The molecule has 0 fully saturated rings. The van der Waals surface area contributed by atoms with Crippen LogP contribution in [-0.4, -0.2) is 26.9 Å². The smallest absolute Gasteiger partial charge is 0.0700 e. The topological polar surface area (TPSA) is 18.5 Å².